The molecule has 0 fully saturated rings. The fraction of sp³-hybridized carbons (Fsp3) is 0.200. The van der Waals surface area contributed by atoms with Gasteiger partial charge in [-0.25, -0.2) is 0 Å². The average molecular weight is 388 g/mol. The minimum atomic E-state index is -2.91. The van der Waals surface area contributed by atoms with Gasteiger partial charge in [0.2, 0.25) is 5.91 Å². The molecule has 2 aromatic carbocycles. The largest absolute Gasteiger partial charge is 0.507 e. The van der Waals surface area contributed by atoms with Crippen molar-refractivity contribution in [3.63, 3.8) is 0 Å². The molecule has 0 bridgehead atoms. The molecule has 0 atom stereocenters. The number of carbonyl (C=O) groups is 2. The monoisotopic (exact) mass is 388 g/mol. The second kappa shape index (κ2) is 8.08. The smallest absolute Gasteiger partial charge is 0.387 e. The van der Waals surface area contributed by atoms with Crippen molar-refractivity contribution in [3.8, 4) is 5.75 Å². The molecule has 0 aromatic heterocycles. The Kier molecular flexibility index (Phi) is 5.58. The van der Waals surface area contributed by atoms with Gasteiger partial charge >= 0.3 is 6.61 Å². The molecule has 3 rings (SSSR count). The molecule has 0 saturated carbocycles. The third-order valence-electron chi connectivity index (χ3n) is 4.36. The van der Waals surface area contributed by atoms with Gasteiger partial charge < -0.3 is 20.1 Å². The first kappa shape index (κ1) is 19.3. The zero-order valence-electron chi connectivity index (χ0n) is 15.0. The average Bonchev–Trinajstić information content (AvgIpc) is 2.79. The van der Waals surface area contributed by atoms with E-state index in [-0.39, 0.29) is 36.0 Å². The van der Waals surface area contributed by atoms with E-state index in [0.717, 1.165) is 0 Å². The molecular formula is C20H18F2N2O4. The predicted octanol–water partition coefficient (Wildman–Crippen LogP) is 3.24. The van der Waals surface area contributed by atoms with Crippen molar-refractivity contribution in [2.24, 2.45) is 0 Å². The van der Waals surface area contributed by atoms with Gasteiger partial charge in [0.05, 0.1) is 24.2 Å². The molecule has 0 spiro atoms. The number of fused-ring (bicyclic) bond motifs is 1. The Morgan fingerprint density at radius 3 is 2.54 bits per heavy atom. The maximum absolute atomic E-state index is 12.8. The first-order valence-corrected chi connectivity index (χ1v) is 8.48. The number of likely N-dealkylation sites (N-methyl/N-ethyl adjacent to an activating group) is 1. The van der Waals surface area contributed by atoms with Crippen LogP contribution in [0, 0.1) is 0 Å². The molecule has 2 amide bonds. The first-order chi connectivity index (χ1) is 13.4. The Hall–Kier alpha value is -3.42. The maximum atomic E-state index is 12.8. The number of aliphatic hydroxyl groups excluding tert-OH is 1. The lowest BCUT2D eigenvalue weighted by atomic mass is 10.1. The van der Waals surface area contributed by atoms with Crippen LogP contribution in [-0.4, -0.2) is 30.6 Å². The fourth-order valence-electron chi connectivity index (χ4n) is 3.01. The highest BCUT2D eigenvalue weighted by molar-refractivity contribution is 6.10. The zero-order chi connectivity index (χ0) is 20.3. The number of nitrogens with one attached hydrogen (secondary N) is 1. The molecule has 6 nitrogen and oxygen atoms in total. The van der Waals surface area contributed by atoms with E-state index >= 15 is 0 Å². The van der Waals surface area contributed by atoms with Crippen LogP contribution in [0.2, 0.25) is 0 Å². The number of halogens is 2. The molecule has 1 heterocycles. The molecule has 2 aromatic rings. The number of benzene rings is 2. The van der Waals surface area contributed by atoms with Crippen LogP contribution in [0.5, 0.6) is 5.75 Å². The summed E-state index contributed by atoms with van der Waals surface area (Å²) in [5, 5.41) is 13.0. The van der Waals surface area contributed by atoms with Gasteiger partial charge in [0, 0.05) is 12.6 Å². The van der Waals surface area contributed by atoms with Crippen molar-refractivity contribution in [3.05, 3.63) is 65.2 Å². The van der Waals surface area contributed by atoms with E-state index in [0.29, 0.717) is 16.8 Å². The number of para-hydroxylation sites is 1. The number of rotatable bonds is 5. The van der Waals surface area contributed by atoms with Crippen molar-refractivity contribution in [1.82, 2.24) is 5.32 Å². The minimum absolute atomic E-state index is 0.0110. The van der Waals surface area contributed by atoms with Crippen molar-refractivity contribution in [1.29, 1.82) is 0 Å². The molecule has 0 saturated heterocycles. The molecular weight excluding hydrogens is 370 g/mol. The lowest BCUT2D eigenvalue weighted by Crippen LogP contribution is -2.31. The van der Waals surface area contributed by atoms with Gasteiger partial charge in [-0.05, 0) is 29.8 Å². The summed E-state index contributed by atoms with van der Waals surface area (Å²) in [6.07, 6.45) is -0.271. The normalized spacial score (nSPS) is 14.0. The molecule has 146 valence electrons. The SMILES string of the molecule is CNC(=O)C1=C(O)c2ccccc2N(Cc2ccc(OC(F)F)cc2)C(=O)C1. The van der Waals surface area contributed by atoms with E-state index in [4.69, 9.17) is 0 Å². The Labute approximate surface area is 160 Å². The number of carbonyl (C=O) groups excluding carboxylic acids is 2. The highest BCUT2D eigenvalue weighted by Crippen LogP contribution is 2.34. The van der Waals surface area contributed by atoms with Crippen LogP contribution in [-0.2, 0) is 16.1 Å². The number of ether oxygens (including phenoxy) is 1. The van der Waals surface area contributed by atoms with Crippen LogP contribution in [0.3, 0.4) is 0 Å². The van der Waals surface area contributed by atoms with Crippen molar-refractivity contribution < 1.29 is 28.2 Å². The summed E-state index contributed by atoms with van der Waals surface area (Å²) < 4.78 is 28.9. The summed E-state index contributed by atoms with van der Waals surface area (Å²) in [4.78, 5) is 26.4. The number of amides is 2. The van der Waals surface area contributed by atoms with E-state index in [9.17, 15) is 23.5 Å². The number of hydrogen-bond donors (Lipinski definition) is 2. The molecule has 0 radical (unpaired) electrons. The highest BCUT2D eigenvalue weighted by Gasteiger charge is 2.30. The zero-order valence-corrected chi connectivity index (χ0v) is 15.0. The van der Waals surface area contributed by atoms with Crippen LogP contribution in [0.4, 0.5) is 14.5 Å². The summed E-state index contributed by atoms with van der Waals surface area (Å²) in [5.41, 5.74) is 1.48. The van der Waals surface area contributed by atoms with Gasteiger partial charge in [0.25, 0.3) is 5.91 Å². The van der Waals surface area contributed by atoms with Crippen LogP contribution < -0.4 is 15.0 Å². The van der Waals surface area contributed by atoms with Crippen LogP contribution in [0.1, 0.15) is 17.5 Å². The molecule has 0 unspecified atom stereocenters. The second-order valence-corrected chi connectivity index (χ2v) is 6.10. The van der Waals surface area contributed by atoms with E-state index in [2.05, 4.69) is 10.1 Å². The summed E-state index contributed by atoms with van der Waals surface area (Å²) >= 11 is 0. The van der Waals surface area contributed by atoms with Gasteiger partial charge in [-0.3, -0.25) is 9.59 Å². The van der Waals surface area contributed by atoms with Gasteiger partial charge in [0.15, 0.2) is 0 Å². The molecule has 1 aliphatic rings. The molecule has 0 aliphatic carbocycles. The lowest BCUT2D eigenvalue weighted by Gasteiger charge is -2.23. The first-order valence-electron chi connectivity index (χ1n) is 8.48. The van der Waals surface area contributed by atoms with Gasteiger partial charge in [-0.2, -0.15) is 8.78 Å². The van der Waals surface area contributed by atoms with Crippen LogP contribution in [0.15, 0.2) is 54.1 Å². The van der Waals surface area contributed by atoms with Crippen molar-refractivity contribution in [2.45, 2.75) is 19.6 Å². The number of alkyl halides is 2. The molecule has 1 aliphatic heterocycles. The second-order valence-electron chi connectivity index (χ2n) is 6.10. The summed E-state index contributed by atoms with van der Waals surface area (Å²) in [6.45, 7) is -2.78. The number of aliphatic hydroxyl groups is 1. The van der Waals surface area contributed by atoms with E-state index < -0.39 is 12.5 Å². The molecule has 2 N–H and O–H groups in total. The Morgan fingerprint density at radius 2 is 1.89 bits per heavy atom. The Balaban J connectivity index is 1.94. The maximum Gasteiger partial charge on any atom is 0.387 e. The van der Waals surface area contributed by atoms with E-state index in [1.54, 1.807) is 36.4 Å². The Bertz CT molecular complexity index is 926. The predicted molar refractivity (Wildman–Crippen MR) is 98.9 cm³/mol. The summed E-state index contributed by atoms with van der Waals surface area (Å²) in [5.74, 6) is -1.13. The lowest BCUT2D eigenvalue weighted by molar-refractivity contribution is -0.121. The van der Waals surface area contributed by atoms with Gasteiger partial charge in [0.1, 0.15) is 11.5 Å². The summed E-state index contributed by atoms with van der Waals surface area (Å²) in [6, 6.07) is 12.6. The van der Waals surface area contributed by atoms with Crippen LogP contribution in [0.25, 0.3) is 5.76 Å². The third kappa shape index (κ3) is 3.95. The van der Waals surface area contributed by atoms with Crippen LogP contribution >= 0.6 is 0 Å². The number of anilines is 1. The standard InChI is InChI=1S/C20H18F2N2O4/c1-23-19(27)15-10-17(25)24(16-5-3-2-4-14(16)18(15)26)11-12-6-8-13(9-7-12)28-20(21)22/h2-9,20,26H,10-11H2,1H3,(H,23,27). The topological polar surface area (TPSA) is 78.9 Å². The Morgan fingerprint density at radius 1 is 1.21 bits per heavy atom. The van der Waals surface area contributed by atoms with Crippen molar-refractivity contribution in [2.75, 3.05) is 11.9 Å². The third-order valence-corrected chi connectivity index (χ3v) is 4.36. The molecule has 28 heavy (non-hydrogen) atoms. The molecule has 8 heteroatoms. The quantitative estimate of drug-likeness (QED) is 0.824. The van der Waals surface area contributed by atoms with E-state index in [1.807, 2.05) is 0 Å². The highest BCUT2D eigenvalue weighted by atomic mass is 19.3. The number of nitrogens with zero attached hydrogens (tertiary/aromatic N) is 1. The van der Waals surface area contributed by atoms with Gasteiger partial charge in [-0.15, -0.1) is 0 Å². The van der Waals surface area contributed by atoms with Gasteiger partial charge in [-0.1, -0.05) is 24.3 Å². The minimum Gasteiger partial charge on any atom is -0.507 e. The number of hydrogen-bond acceptors (Lipinski definition) is 4. The van der Waals surface area contributed by atoms with Crippen molar-refractivity contribution >= 4 is 23.3 Å². The fourth-order valence-corrected chi connectivity index (χ4v) is 3.01. The summed E-state index contributed by atoms with van der Waals surface area (Å²) in [7, 11) is 1.42. The van der Waals surface area contributed by atoms with E-state index in [1.165, 1.54) is 24.1 Å².